The molecule has 0 saturated heterocycles. The minimum absolute atomic E-state index is 0.0299. The highest BCUT2D eigenvalue weighted by molar-refractivity contribution is 5.91. The van der Waals surface area contributed by atoms with Crippen LogP contribution in [0.3, 0.4) is 0 Å². The normalized spacial score (nSPS) is 9.93. The monoisotopic (exact) mass is 198 g/mol. The molecule has 0 aliphatic rings. The number of hydrogen-bond donors (Lipinski definition) is 1. The predicted molar refractivity (Wildman–Crippen MR) is 60.2 cm³/mol. The Morgan fingerprint density at radius 3 is 2.57 bits per heavy atom. The quantitative estimate of drug-likeness (QED) is 0.495. The fourth-order valence-corrected chi connectivity index (χ4v) is 1.10. The third kappa shape index (κ3) is 5.75. The topological polar surface area (TPSA) is 32.3 Å². The molecule has 1 amide bonds. The van der Waals surface area contributed by atoms with E-state index in [0.717, 1.165) is 19.6 Å². The number of amides is 1. The van der Waals surface area contributed by atoms with Gasteiger partial charge in [0.1, 0.15) is 0 Å². The molecule has 1 N–H and O–H groups in total. The summed E-state index contributed by atoms with van der Waals surface area (Å²) >= 11 is 0. The number of rotatable bonds is 7. The van der Waals surface area contributed by atoms with Crippen LogP contribution in [0.1, 0.15) is 26.7 Å². The van der Waals surface area contributed by atoms with Crippen molar-refractivity contribution in [3.8, 4) is 0 Å². The first-order valence-electron chi connectivity index (χ1n) is 5.21. The van der Waals surface area contributed by atoms with Gasteiger partial charge in [0, 0.05) is 25.7 Å². The summed E-state index contributed by atoms with van der Waals surface area (Å²) in [7, 11) is 1.80. The number of carbonyl (C=O) groups excluding carboxylic acids is 1. The van der Waals surface area contributed by atoms with E-state index in [1.807, 2.05) is 0 Å². The molecule has 0 saturated carbocycles. The van der Waals surface area contributed by atoms with Crippen LogP contribution in [0.4, 0.5) is 0 Å². The van der Waals surface area contributed by atoms with Gasteiger partial charge in [-0.15, -0.1) is 0 Å². The summed E-state index contributed by atoms with van der Waals surface area (Å²) in [5.41, 5.74) is 0.598. The summed E-state index contributed by atoms with van der Waals surface area (Å²) in [6.07, 6.45) is 2.39. The first-order chi connectivity index (χ1) is 6.59. The molecule has 0 rings (SSSR count). The zero-order valence-electron chi connectivity index (χ0n) is 9.60. The predicted octanol–water partition coefficient (Wildman–Crippen LogP) is 1.41. The van der Waals surface area contributed by atoms with Crippen molar-refractivity contribution >= 4 is 5.91 Å². The van der Waals surface area contributed by atoms with E-state index in [0.29, 0.717) is 5.57 Å². The molecule has 82 valence electrons. The maximum Gasteiger partial charge on any atom is 0.248 e. The summed E-state index contributed by atoms with van der Waals surface area (Å²) in [4.78, 5) is 13.1. The molecule has 0 radical (unpaired) electrons. The lowest BCUT2D eigenvalue weighted by Gasteiger charge is -2.17. The minimum Gasteiger partial charge on any atom is -0.341 e. The van der Waals surface area contributed by atoms with E-state index in [1.54, 1.807) is 18.9 Å². The number of hydrogen-bond acceptors (Lipinski definition) is 2. The number of likely N-dealkylation sites (N-methyl/N-ethyl adjacent to an activating group) is 1. The maximum atomic E-state index is 11.4. The van der Waals surface area contributed by atoms with Gasteiger partial charge in [-0.25, -0.2) is 0 Å². The Morgan fingerprint density at radius 1 is 1.43 bits per heavy atom. The first kappa shape index (κ1) is 13.2. The minimum atomic E-state index is 0.0299. The molecule has 0 atom stereocenters. The van der Waals surface area contributed by atoms with Gasteiger partial charge in [0.25, 0.3) is 0 Å². The molecule has 0 fully saturated rings. The molecule has 0 aliphatic carbocycles. The van der Waals surface area contributed by atoms with Gasteiger partial charge in [-0.05, 0) is 19.9 Å². The average Bonchev–Trinajstić information content (AvgIpc) is 2.16. The molecule has 14 heavy (non-hydrogen) atoms. The van der Waals surface area contributed by atoms with E-state index in [-0.39, 0.29) is 5.91 Å². The third-order valence-electron chi connectivity index (χ3n) is 2.04. The Morgan fingerprint density at radius 2 is 2.07 bits per heavy atom. The van der Waals surface area contributed by atoms with Crippen molar-refractivity contribution < 1.29 is 4.79 Å². The van der Waals surface area contributed by atoms with E-state index in [2.05, 4.69) is 18.8 Å². The van der Waals surface area contributed by atoms with Gasteiger partial charge < -0.3 is 10.2 Å². The van der Waals surface area contributed by atoms with Crippen LogP contribution in [-0.2, 0) is 4.79 Å². The maximum absolute atomic E-state index is 11.4. The highest BCUT2D eigenvalue weighted by atomic mass is 16.2. The summed E-state index contributed by atoms with van der Waals surface area (Å²) in [6, 6.07) is 0. The first-order valence-corrected chi connectivity index (χ1v) is 5.21. The van der Waals surface area contributed by atoms with E-state index in [9.17, 15) is 4.79 Å². The number of nitrogens with zero attached hydrogens (tertiary/aromatic N) is 1. The van der Waals surface area contributed by atoms with Gasteiger partial charge in [0.15, 0.2) is 0 Å². The zero-order chi connectivity index (χ0) is 11.0. The standard InChI is InChI=1S/C11H22N2O/c1-5-6-7-12-8-9-13(4)11(14)10(2)3/h12H,2,5-9H2,1,3-4H3. The Bertz CT molecular complexity index is 190. The fraction of sp³-hybridized carbons (Fsp3) is 0.727. The lowest BCUT2D eigenvalue weighted by molar-refractivity contribution is -0.125. The van der Waals surface area contributed by atoms with E-state index < -0.39 is 0 Å². The van der Waals surface area contributed by atoms with Crippen LogP contribution in [0, 0.1) is 0 Å². The lowest BCUT2D eigenvalue weighted by Crippen LogP contribution is -2.34. The highest BCUT2D eigenvalue weighted by Gasteiger charge is 2.07. The Labute approximate surface area is 87.2 Å². The SMILES string of the molecule is C=C(C)C(=O)N(C)CCNCCCC. The number of nitrogens with one attached hydrogen (secondary N) is 1. The fourth-order valence-electron chi connectivity index (χ4n) is 1.10. The molecular weight excluding hydrogens is 176 g/mol. The second-order valence-electron chi connectivity index (χ2n) is 3.61. The second kappa shape index (κ2) is 7.56. The molecule has 3 nitrogen and oxygen atoms in total. The van der Waals surface area contributed by atoms with E-state index >= 15 is 0 Å². The number of unbranched alkanes of at least 4 members (excludes halogenated alkanes) is 1. The molecular formula is C11H22N2O. The van der Waals surface area contributed by atoms with Crippen molar-refractivity contribution in [3.05, 3.63) is 12.2 Å². The largest absolute Gasteiger partial charge is 0.341 e. The third-order valence-corrected chi connectivity index (χ3v) is 2.04. The highest BCUT2D eigenvalue weighted by Crippen LogP contribution is 1.94. The van der Waals surface area contributed by atoms with Crippen molar-refractivity contribution in [3.63, 3.8) is 0 Å². The molecule has 0 unspecified atom stereocenters. The lowest BCUT2D eigenvalue weighted by atomic mass is 10.3. The molecule has 0 aliphatic heterocycles. The molecule has 0 aromatic heterocycles. The Balaban J connectivity index is 3.49. The summed E-state index contributed by atoms with van der Waals surface area (Å²) in [5, 5.41) is 3.29. The Kier molecular flexibility index (Phi) is 7.11. The van der Waals surface area contributed by atoms with Gasteiger partial charge >= 0.3 is 0 Å². The molecule has 0 bridgehead atoms. The molecule has 0 spiro atoms. The van der Waals surface area contributed by atoms with Crippen LogP contribution in [0.25, 0.3) is 0 Å². The molecule has 0 aromatic carbocycles. The van der Waals surface area contributed by atoms with E-state index in [1.165, 1.54) is 12.8 Å². The van der Waals surface area contributed by atoms with Gasteiger partial charge in [-0.3, -0.25) is 4.79 Å². The van der Waals surface area contributed by atoms with Crippen molar-refractivity contribution in [2.75, 3.05) is 26.7 Å². The van der Waals surface area contributed by atoms with Crippen LogP contribution in [0.2, 0.25) is 0 Å². The molecule has 3 heteroatoms. The smallest absolute Gasteiger partial charge is 0.248 e. The molecule has 0 aromatic rings. The van der Waals surface area contributed by atoms with Crippen LogP contribution in [0.15, 0.2) is 12.2 Å². The van der Waals surface area contributed by atoms with Crippen molar-refractivity contribution in [1.82, 2.24) is 10.2 Å². The summed E-state index contributed by atoms with van der Waals surface area (Å²) in [5.74, 6) is 0.0299. The van der Waals surface area contributed by atoms with Crippen LogP contribution >= 0.6 is 0 Å². The van der Waals surface area contributed by atoms with Gasteiger partial charge in [0.05, 0.1) is 0 Å². The van der Waals surface area contributed by atoms with Crippen LogP contribution in [-0.4, -0.2) is 37.5 Å². The van der Waals surface area contributed by atoms with Crippen molar-refractivity contribution in [1.29, 1.82) is 0 Å². The van der Waals surface area contributed by atoms with Crippen molar-refractivity contribution in [2.24, 2.45) is 0 Å². The van der Waals surface area contributed by atoms with Gasteiger partial charge in [0.2, 0.25) is 5.91 Å². The summed E-state index contributed by atoms with van der Waals surface area (Å²) in [6.45, 7) is 10.2. The second-order valence-corrected chi connectivity index (χ2v) is 3.61. The van der Waals surface area contributed by atoms with Gasteiger partial charge in [-0.2, -0.15) is 0 Å². The van der Waals surface area contributed by atoms with E-state index in [4.69, 9.17) is 0 Å². The van der Waals surface area contributed by atoms with Crippen LogP contribution < -0.4 is 5.32 Å². The Hall–Kier alpha value is -0.830. The van der Waals surface area contributed by atoms with Crippen LogP contribution in [0.5, 0.6) is 0 Å². The average molecular weight is 198 g/mol. The molecule has 0 heterocycles. The zero-order valence-corrected chi connectivity index (χ0v) is 9.60. The van der Waals surface area contributed by atoms with Gasteiger partial charge in [-0.1, -0.05) is 19.9 Å². The van der Waals surface area contributed by atoms with Crippen molar-refractivity contribution in [2.45, 2.75) is 26.7 Å². The summed E-state index contributed by atoms with van der Waals surface area (Å²) < 4.78 is 0. The number of carbonyl (C=O) groups is 1.